The number of amides is 2. The molecule has 0 aliphatic rings. The van der Waals surface area contributed by atoms with Gasteiger partial charge < -0.3 is 5.32 Å². The molecule has 0 saturated carbocycles. The average molecular weight is 370 g/mol. The summed E-state index contributed by atoms with van der Waals surface area (Å²) >= 11 is 0. The van der Waals surface area contributed by atoms with Gasteiger partial charge in [-0.2, -0.15) is 5.10 Å². The fraction of sp³-hybridized carbons (Fsp3) is 0. The number of hydrogen-bond acceptors (Lipinski definition) is 4. The first-order chi connectivity index (χ1) is 13.7. The summed E-state index contributed by atoms with van der Waals surface area (Å²) < 4.78 is 0. The van der Waals surface area contributed by atoms with Crippen LogP contribution in [-0.4, -0.2) is 23.0 Å². The van der Waals surface area contributed by atoms with E-state index >= 15 is 0 Å². The number of nitrogens with one attached hydrogen (secondary N) is 2. The fourth-order valence-electron chi connectivity index (χ4n) is 2.33. The van der Waals surface area contributed by atoms with Gasteiger partial charge in [0.05, 0.1) is 6.21 Å². The predicted molar refractivity (Wildman–Crippen MR) is 108 cm³/mol. The van der Waals surface area contributed by atoms with Gasteiger partial charge in [-0.25, -0.2) is 5.43 Å². The van der Waals surface area contributed by atoms with Crippen molar-refractivity contribution < 1.29 is 9.59 Å². The quantitative estimate of drug-likeness (QED) is 0.397. The molecule has 1 heterocycles. The summed E-state index contributed by atoms with van der Waals surface area (Å²) in [6, 6.07) is 21.4. The number of rotatable bonds is 6. The van der Waals surface area contributed by atoms with E-state index in [2.05, 4.69) is 20.8 Å². The van der Waals surface area contributed by atoms with E-state index in [1.54, 1.807) is 54.9 Å². The summed E-state index contributed by atoms with van der Waals surface area (Å²) in [4.78, 5) is 29.0. The topological polar surface area (TPSA) is 83.4 Å². The van der Waals surface area contributed by atoms with E-state index in [1.165, 1.54) is 6.21 Å². The summed E-state index contributed by atoms with van der Waals surface area (Å²) in [5, 5.41) is 6.60. The summed E-state index contributed by atoms with van der Waals surface area (Å²) in [5.74, 6) is -0.908. The number of hydrogen-bond donors (Lipinski definition) is 2. The van der Waals surface area contributed by atoms with Crippen molar-refractivity contribution in [2.24, 2.45) is 5.10 Å². The van der Waals surface area contributed by atoms with Gasteiger partial charge in [-0.05, 0) is 41.5 Å². The van der Waals surface area contributed by atoms with Gasteiger partial charge in [0.25, 0.3) is 11.8 Å². The molecule has 0 radical (unpaired) electrons. The predicted octanol–water partition coefficient (Wildman–Crippen LogP) is 3.00. The number of carbonyl (C=O) groups excluding carboxylic acids is 2. The maximum atomic E-state index is 12.6. The Morgan fingerprint density at radius 1 is 0.821 bits per heavy atom. The largest absolute Gasteiger partial charge is 0.317 e. The van der Waals surface area contributed by atoms with Crippen LogP contribution in [0.1, 0.15) is 21.5 Å². The SMILES string of the molecule is O=C(NN=Cc1ccncc1)C(=Cc1ccccc1)NC(=O)c1ccccc1. The third kappa shape index (κ3) is 5.47. The number of pyridine rings is 1. The molecular weight excluding hydrogens is 352 g/mol. The van der Waals surface area contributed by atoms with Crippen LogP contribution in [0, 0.1) is 0 Å². The minimum Gasteiger partial charge on any atom is -0.317 e. The van der Waals surface area contributed by atoms with Crippen molar-refractivity contribution in [3.63, 3.8) is 0 Å². The Morgan fingerprint density at radius 3 is 2.14 bits per heavy atom. The summed E-state index contributed by atoms with van der Waals surface area (Å²) in [6.07, 6.45) is 6.35. The Hall–Kier alpha value is -4.06. The Labute approximate surface area is 162 Å². The molecule has 3 aromatic rings. The van der Waals surface area contributed by atoms with Gasteiger partial charge in [0.1, 0.15) is 5.70 Å². The number of nitrogens with zero attached hydrogens (tertiary/aromatic N) is 2. The maximum absolute atomic E-state index is 12.6. The van der Waals surface area contributed by atoms with E-state index in [1.807, 2.05) is 36.4 Å². The van der Waals surface area contributed by atoms with Gasteiger partial charge in [0, 0.05) is 18.0 Å². The van der Waals surface area contributed by atoms with Crippen LogP contribution in [0.15, 0.2) is 96.0 Å². The van der Waals surface area contributed by atoms with Crippen LogP contribution in [0.4, 0.5) is 0 Å². The molecule has 6 heteroatoms. The smallest absolute Gasteiger partial charge is 0.287 e. The first-order valence-electron chi connectivity index (χ1n) is 8.59. The maximum Gasteiger partial charge on any atom is 0.287 e. The minimum absolute atomic E-state index is 0.0898. The second kappa shape index (κ2) is 9.59. The van der Waals surface area contributed by atoms with Crippen LogP contribution in [0.2, 0.25) is 0 Å². The summed E-state index contributed by atoms with van der Waals surface area (Å²) in [7, 11) is 0. The zero-order chi connectivity index (χ0) is 19.6. The standard InChI is InChI=1S/C22H18N4O2/c27-21(19-9-5-2-6-10-19)25-20(15-17-7-3-1-4-8-17)22(28)26-24-16-18-11-13-23-14-12-18/h1-16H,(H,25,27)(H,26,28). The molecule has 2 aromatic carbocycles. The first-order valence-corrected chi connectivity index (χ1v) is 8.59. The van der Waals surface area contributed by atoms with Gasteiger partial charge in [0.2, 0.25) is 0 Å². The van der Waals surface area contributed by atoms with E-state index in [0.717, 1.165) is 11.1 Å². The Kier molecular flexibility index (Phi) is 6.41. The summed E-state index contributed by atoms with van der Waals surface area (Å²) in [6.45, 7) is 0. The van der Waals surface area contributed by atoms with E-state index in [4.69, 9.17) is 0 Å². The highest BCUT2D eigenvalue weighted by molar-refractivity contribution is 6.05. The van der Waals surface area contributed by atoms with Crippen molar-refractivity contribution in [3.8, 4) is 0 Å². The van der Waals surface area contributed by atoms with Crippen molar-refractivity contribution in [1.29, 1.82) is 0 Å². The molecule has 2 amide bonds. The molecule has 28 heavy (non-hydrogen) atoms. The van der Waals surface area contributed by atoms with E-state index in [-0.39, 0.29) is 11.6 Å². The van der Waals surface area contributed by atoms with E-state index < -0.39 is 5.91 Å². The molecule has 3 rings (SSSR count). The third-order valence-electron chi connectivity index (χ3n) is 3.73. The van der Waals surface area contributed by atoms with Crippen molar-refractivity contribution in [2.45, 2.75) is 0 Å². The second-order valence-electron chi connectivity index (χ2n) is 5.77. The highest BCUT2D eigenvalue weighted by Gasteiger charge is 2.14. The highest BCUT2D eigenvalue weighted by atomic mass is 16.2. The van der Waals surface area contributed by atoms with Crippen molar-refractivity contribution in [1.82, 2.24) is 15.7 Å². The molecule has 0 spiro atoms. The van der Waals surface area contributed by atoms with Crippen LogP contribution >= 0.6 is 0 Å². The highest BCUT2D eigenvalue weighted by Crippen LogP contribution is 2.07. The first kappa shape index (κ1) is 18.7. The molecule has 0 aliphatic carbocycles. The Morgan fingerprint density at radius 2 is 1.46 bits per heavy atom. The number of benzene rings is 2. The monoisotopic (exact) mass is 370 g/mol. The molecule has 1 aromatic heterocycles. The molecule has 0 bridgehead atoms. The summed E-state index contributed by atoms with van der Waals surface area (Å²) in [5.41, 5.74) is 4.54. The van der Waals surface area contributed by atoms with Gasteiger partial charge in [-0.15, -0.1) is 0 Å². The third-order valence-corrected chi connectivity index (χ3v) is 3.73. The normalized spacial score (nSPS) is 11.2. The zero-order valence-electron chi connectivity index (χ0n) is 14.9. The molecule has 0 aliphatic heterocycles. The second-order valence-corrected chi connectivity index (χ2v) is 5.77. The molecule has 0 saturated heterocycles. The number of aromatic nitrogens is 1. The van der Waals surface area contributed by atoms with E-state index in [0.29, 0.717) is 5.56 Å². The minimum atomic E-state index is -0.529. The van der Waals surface area contributed by atoms with Gasteiger partial charge in [-0.3, -0.25) is 14.6 Å². The molecule has 0 fully saturated rings. The molecule has 2 N–H and O–H groups in total. The molecule has 6 nitrogen and oxygen atoms in total. The Balaban J connectivity index is 1.77. The molecular formula is C22H18N4O2. The van der Waals surface area contributed by atoms with E-state index in [9.17, 15) is 9.59 Å². The molecule has 0 unspecified atom stereocenters. The van der Waals surface area contributed by atoms with Crippen molar-refractivity contribution in [3.05, 3.63) is 108 Å². The average Bonchev–Trinajstić information content (AvgIpc) is 2.75. The lowest BCUT2D eigenvalue weighted by Crippen LogP contribution is -2.32. The zero-order valence-corrected chi connectivity index (χ0v) is 14.9. The van der Waals surface area contributed by atoms with Gasteiger partial charge in [0.15, 0.2) is 0 Å². The number of hydrazone groups is 1. The van der Waals surface area contributed by atoms with Gasteiger partial charge in [-0.1, -0.05) is 48.5 Å². The van der Waals surface area contributed by atoms with Crippen LogP contribution in [-0.2, 0) is 4.79 Å². The van der Waals surface area contributed by atoms with Crippen LogP contribution in [0.25, 0.3) is 6.08 Å². The van der Waals surface area contributed by atoms with Gasteiger partial charge >= 0.3 is 0 Å². The van der Waals surface area contributed by atoms with Crippen LogP contribution in [0.3, 0.4) is 0 Å². The van der Waals surface area contributed by atoms with Crippen molar-refractivity contribution in [2.75, 3.05) is 0 Å². The lowest BCUT2D eigenvalue weighted by atomic mass is 10.1. The van der Waals surface area contributed by atoms with Crippen LogP contribution < -0.4 is 10.7 Å². The molecule has 0 atom stereocenters. The lowest BCUT2D eigenvalue weighted by Gasteiger charge is -2.09. The fourth-order valence-corrected chi connectivity index (χ4v) is 2.33. The molecule has 138 valence electrons. The lowest BCUT2D eigenvalue weighted by molar-refractivity contribution is -0.117. The Bertz CT molecular complexity index is 985. The van der Waals surface area contributed by atoms with Crippen molar-refractivity contribution >= 4 is 24.1 Å². The number of carbonyl (C=O) groups is 2. The van der Waals surface area contributed by atoms with Crippen LogP contribution in [0.5, 0.6) is 0 Å².